The molecule has 0 atom stereocenters. The summed E-state index contributed by atoms with van der Waals surface area (Å²) in [5.41, 5.74) is -0.179. The van der Waals surface area contributed by atoms with Crippen molar-refractivity contribution in [1.82, 2.24) is 14.8 Å². The molecule has 0 spiro atoms. The van der Waals surface area contributed by atoms with E-state index in [4.69, 9.17) is 0 Å². The number of aryl methyl sites for hydroxylation is 1. The Labute approximate surface area is 114 Å². The molecule has 0 N–H and O–H groups in total. The minimum absolute atomic E-state index is 0.473. The Kier molecular flexibility index (Phi) is 3.23. The average molecular weight is 281 g/mol. The summed E-state index contributed by atoms with van der Waals surface area (Å²) in [6.45, 7) is 0.772. The third kappa shape index (κ3) is 2.42. The molecule has 0 saturated heterocycles. The molecule has 0 amide bonds. The van der Waals surface area contributed by atoms with Crippen molar-refractivity contribution in [1.29, 1.82) is 0 Å². The maximum Gasteiger partial charge on any atom is 0.416 e. The molecule has 0 fully saturated rings. The van der Waals surface area contributed by atoms with Crippen LogP contribution in [-0.2, 0) is 19.1 Å². The number of hydrogen-bond acceptors (Lipinski definition) is 2. The first kappa shape index (κ1) is 13.1. The van der Waals surface area contributed by atoms with Gasteiger partial charge >= 0.3 is 6.18 Å². The Balaban J connectivity index is 2.04. The highest BCUT2D eigenvalue weighted by Gasteiger charge is 2.31. The number of nitrogens with zero attached hydrogens (tertiary/aromatic N) is 3. The molecule has 0 radical (unpaired) electrons. The van der Waals surface area contributed by atoms with Gasteiger partial charge in [0.1, 0.15) is 5.82 Å². The minimum atomic E-state index is -4.34. The van der Waals surface area contributed by atoms with Gasteiger partial charge in [0.25, 0.3) is 0 Å². The van der Waals surface area contributed by atoms with Gasteiger partial charge in [0.15, 0.2) is 5.82 Å². The molecule has 106 valence electrons. The highest BCUT2D eigenvalue weighted by Crippen LogP contribution is 2.32. The molecule has 0 aliphatic carbocycles. The highest BCUT2D eigenvalue weighted by atomic mass is 19.4. The Bertz CT molecular complexity index is 616. The summed E-state index contributed by atoms with van der Waals surface area (Å²) < 4.78 is 40.3. The lowest BCUT2D eigenvalue weighted by Crippen LogP contribution is -2.06. The van der Waals surface area contributed by atoms with Crippen molar-refractivity contribution < 1.29 is 13.2 Å². The average Bonchev–Trinajstić information content (AvgIpc) is 2.67. The van der Waals surface area contributed by atoms with Crippen molar-refractivity contribution in [3.05, 3.63) is 35.7 Å². The van der Waals surface area contributed by atoms with Crippen LogP contribution in [0.4, 0.5) is 13.2 Å². The Morgan fingerprint density at radius 3 is 2.70 bits per heavy atom. The van der Waals surface area contributed by atoms with Crippen LogP contribution in [0.5, 0.6) is 0 Å². The van der Waals surface area contributed by atoms with Crippen LogP contribution < -0.4 is 0 Å². The molecule has 3 nitrogen and oxygen atoms in total. The number of aromatic nitrogens is 3. The van der Waals surface area contributed by atoms with Crippen molar-refractivity contribution >= 4 is 0 Å². The van der Waals surface area contributed by atoms with E-state index in [-0.39, 0.29) is 0 Å². The summed E-state index contributed by atoms with van der Waals surface area (Å²) in [6.07, 6.45) is -0.313. The summed E-state index contributed by atoms with van der Waals surface area (Å²) in [4.78, 5) is 0. The SMILES string of the molecule is FC(F)(F)c1cccc(-c2nnc3n2CCCCC3)c1. The standard InChI is InChI=1S/C14H14F3N3/c15-14(16,17)11-6-4-5-10(9-11)13-19-18-12-7-2-1-3-8-20(12)13/h4-6,9H,1-3,7-8H2. The van der Waals surface area contributed by atoms with Crippen LogP contribution in [0.3, 0.4) is 0 Å². The topological polar surface area (TPSA) is 30.7 Å². The van der Waals surface area contributed by atoms with Gasteiger partial charge in [-0.25, -0.2) is 0 Å². The summed E-state index contributed by atoms with van der Waals surface area (Å²) in [5.74, 6) is 1.41. The van der Waals surface area contributed by atoms with Gasteiger partial charge in [-0.2, -0.15) is 13.2 Å². The van der Waals surface area contributed by atoms with Crippen molar-refractivity contribution in [3.63, 3.8) is 0 Å². The van der Waals surface area contributed by atoms with E-state index in [1.54, 1.807) is 6.07 Å². The summed E-state index contributed by atoms with van der Waals surface area (Å²) >= 11 is 0. The molecule has 1 aliphatic rings. The second-order valence-electron chi connectivity index (χ2n) is 4.98. The zero-order valence-electron chi connectivity index (χ0n) is 10.8. The van der Waals surface area contributed by atoms with E-state index in [9.17, 15) is 13.2 Å². The van der Waals surface area contributed by atoms with Gasteiger partial charge in [-0.1, -0.05) is 18.6 Å². The van der Waals surface area contributed by atoms with Crippen molar-refractivity contribution in [2.75, 3.05) is 0 Å². The van der Waals surface area contributed by atoms with Crippen molar-refractivity contribution in [2.45, 2.75) is 38.4 Å². The maximum absolute atomic E-state index is 12.8. The first-order valence-corrected chi connectivity index (χ1v) is 6.65. The molecule has 0 saturated carbocycles. The lowest BCUT2D eigenvalue weighted by Gasteiger charge is -2.10. The van der Waals surface area contributed by atoms with Crippen LogP contribution >= 0.6 is 0 Å². The fourth-order valence-electron chi connectivity index (χ4n) is 2.53. The van der Waals surface area contributed by atoms with E-state index >= 15 is 0 Å². The second kappa shape index (κ2) is 4.92. The number of alkyl halides is 3. The van der Waals surface area contributed by atoms with Crippen LogP contribution in [0, 0.1) is 0 Å². The first-order chi connectivity index (χ1) is 9.55. The molecular weight excluding hydrogens is 267 g/mol. The third-order valence-corrected chi connectivity index (χ3v) is 3.56. The van der Waals surface area contributed by atoms with Crippen LogP contribution in [0.25, 0.3) is 11.4 Å². The number of rotatable bonds is 1. The van der Waals surface area contributed by atoms with Gasteiger partial charge in [0.05, 0.1) is 5.56 Å². The molecule has 1 aromatic heterocycles. The van der Waals surface area contributed by atoms with Crippen LogP contribution in [0.1, 0.15) is 30.7 Å². The quantitative estimate of drug-likeness (QED) is 0.798. The lowest BCUT2D eigenvalue weighted by molar-refractivity contribution is -0.137. The van der Waals surface area contributed by atoms with E-state index in [1.165, 1.54) is 6.07 Å². The van der Waals surface area contributed by atoms with E-state index in [0.717, 1.165) is 50.2 Å². The molecule has 6 heteroatoms. The van der Waals surface area contributed by atoms with E-state index in [0.29, 0.717) is 11.4 Å². The smallest absolute Gasteiger partial charge is 0.311 e. The van der Waals surface area contributed by atoms with Crippen LogP contribution in [0.2, 0.25) is 0 Å². The Morgan fingerprint density at radius 2 is 1.90 bits per heavy atom. The number of benzene rings is 1. The normalized spacial score (nSPS) is 15.8. The Morgan fingerprint density at radius 1 is 1.05 bits per heavy atom. The summed E-state index contributed by atoms with van der Waals surface area (Å²) in [7, 11) is 0. The number of halogens is 3. The molecule has 20 heavy (non-hydrogen) atoms. The minimum Gasteiger partial charge on any atom is -0.311 e. The molecule has 1 aliphatic heterocycles. The van der Waals surface area contributed by atoms with Gasteiger partial charge < -0.3 is 4.57 Å². The summed E-state index contributed by atoms with van der Waals surface area (Å²) in [5, 5.41) is 8.20. The van der Waals surface area contributed by atoms with Gasteiger partial charge in [-0.3, -0.25) is 0 Å². The molecule has 2 heterocycles. The van der Waals surface area contributed by atoms with Crippen LogP contribution in [0.15, 0.2) is 24.3 Å². The lowest BCUT2D eigenvalue weighted by atomic mass is 10.1. The van der Waals surface area contributed by atoms with E-state index in [1.807, 2.05) is 4.57 Å². The molecular formula is C14H14F3N3. The predicted molar refractivity (Wildman–Crippen MR) is 68.0 cm³/mol. The number of fused-ring (bicyclic) bond motifs is 1. The molecule has 3 rings (SSSR count). The van der Waals surface area contributed by atoms with Gasteiger partial charge in [-0.15, -0.1) is 10.2 Å². The van der Waals surface area contributed by atoms with Gasteiger partial charge in [-0.05, 0) is 25.0 Å². The predicted octanol–water partition coefficient (Wildman–Crippen LogP) is 3.69. The van der Waals surface area contributed by atoms with E-state index in [2.05, 4.69) is 10.2 Å². The maximum atomic E-state index is 12.8. The zero-order chi connectivity index (χ0) is 14.2. The van der Waals surface area contributed by atoms with Crippen molar-refractivity contribution in [3.8, 4) is 11.4 Å². The van der Waals surface area contributed by atoms with Gasteiger partial charge in [0.2, 0.25) is 0 Å². The molecule has 0 bridgehead atoms. The fourth-order valence-corrected chi connectivity index (χ4v) is 2.53. The van der Waals surface area contributed by atoms with E-state index < -0.39 is 11.7 Å². The first-order valence-electron chi connectivity index (χ1n) is 6.65. The highest BCUT2D eigenvalue weighted by molar-refractivity contribution is 5.57. The fraction of sp³-hybridized carbons (Fsp3) is 0.429. The second-order valence-corrected chi connectivity index (χ2v) is 4.98. The zero-order valence-corrected chi connectivity index (χ0v) is 10.8. The van der Waals surface area contributed by atoms with Gasteiger partial charge in [0, 0.05) is 18.5 Å². The molecule has 1 aromatic carbocycles. The molecule has 2 aromatic rings. The third-order valence-electron chi connectivity index (χ3n) is 3.56. The molecule has 0 unspecified atom stereocenters. The largest absolute Gasteiger partial charge is 0.416 e. The number of hydrogen-bond donors (Lipinski definition) is 0. The van der Waals surface area contributed by atoms with Crippen LogP contribution in [-0.4, -0.2) is 14.8 Å². The summed E-state index contributed by atoms with van der Waals surface area (Å²) in [6, 6.07) is 5.28. The Hall–Kier alpha value is -1.85. The van der Waals surface area contributed by atoms with Crippen molar-refractivity contribution in [2.24, 2.45) is 0 Å². The monoisotopic (exact) mass is 281 g/mol.